The minimum Gasteiger partial charge on any atom is -0.409 e. The van der Waals surface area contributed by atoms with Gasteiger partial charge in [0.2, 0.25) is 0 Å². The zero-order valence-corrected chi connectivity index (χ0v) is 12.3. The molecule has 0 amide bonds. The second-order valence-electron chi connectivity index (χ2n) is 5.13. The molecule has 0 radical (unpaired) electrons. The Kier molecular flexibility index (Phi) is 6.24. The van der Waals surface area contributed by atoms with E-state index in [1.165, 1.54) is 0 Å². The molecular formula is C14H23N3O3. The van der Waals surface area contributed by atoms with E-state index < -0.39 is 0 Å². The molecule has 1 aromatic rings. The minimum atomic E-state index is -0.271. The first-order valence-electron chi connectivity index (χ1n) is 6.73. The third-order valence-electron chi connectivity index (χ3n) is 3.07. The summed E-state index contributed by atoms with van der Waals surface area (Å²) in [7, 11) is 0. The van der Waals surface area contributed by atoms with Crippen LogP contribution in [0.3, 0.4) is 0 Å². The van der Waals surface area contributed by atoms with Crippen molar-refractivity contribution in [3.05, 3.63) is 33.7 Å². The Bertz CT molecular complexity index is 521. The number of rotatable bonds is 7. The summed E-state index contributed by atoms with van der Waals surface area (Å²) in [6.07, 6.45) is 0.998. The maximum Gasteiger partial charge on any atom is 0.261 e. The smallest absolute Gasteiger partial charge is 0.261 e. The summed E-state index contributed by atoms with van der Waals surface area (Å²) in [6.45, 7) is 7.72. The number of ether oxygens (including phenoxy) is 1. The number of aryl methyl sites for hydroxylation is 1. The number of hydrogen-bond acceptors (Lipinski definition) is 4. The molecule has 0 aliphatic heterocycles. The highest BCUT2D eigenvalue weighted by Crippen LogP contribution is 2.01. The molecule has 0 bridgehead atoms. The fourth-order valence-electron chi connectivity index (χ4n) is 1.77. The van der Waals surface area contributed by atoms with Gasteiger partial charge in [0, 0.05) is 18.8 Å². The maximum absolute atomic E-state index is 12.2. The van der Waals surface area contributed by atoms with E-state index in [2.05, 4.69) is 19.0 Å². The maximum atomic E-state index is 12.2. The first kappa shape index (κ1) is 16.2. The standard InChI is InChI=1S/C14H23N3O3/c1-10(2)6-8-20-9-7-17-11(3)4-5-12(14(17)18)13(15)16-19/h4-5,10,19H,6-9H2,1-3H3,(H2,15,16). The van der Waals surface area contributed by atoms with Crippen LogP contribution in [0.2, 0.25) is 0 Å². The van der Waals surface area contributed by atoms with Crippen LogP contribution < -0.4 is 11.3 Å². The second-order valence-corrected chi connectivity index (χ2v) is 5.13. The van der Waals surface area contributed by atoms with Crippen molar-refractivity contribution in [1.29, 1.82) is 0 Å². The fraction of sp³-hybridized carbons (Fsp3) is 0.571. The first-order chi connectivity index (χ1) is 9.47. The normalized spacial score (nSPS) is 12.1. The Labute approximate surface area is 118 Å². The summed E-state index contributed by atoms with van der Waals surface area (Å²) in [5.74, 6) is 0.424. The van der Waals surface area contributed by atoms with E-state index in [1.54, 1.807) is 16.7 Å². The predicted octanol–water partition coefficient (Wildman–Crippen LogP) is 1.31. The van der Waals surface area contributed by atoms with Gasteiger partial charge in [-0.1, -0.05) is 19.0 Å². The summed E-state index contributed by atoms with van der Waals surface area (Å²) in [5.41, 5.74) is 6.22. The minimum absolute atomic E-state index is 0.176. The van der Waals surface area contributed by atoms with Crippen molar-refractivity contribution < 1.29 is 9.94 Å². The molecule has 0 aliphatic carbocycles. The van der Waals surface area contributed by atoms with Crippen molar-refractivity contribution in [3.8, 4) is 0 Å². The SMILES string of the molecule is Cc1ccc(/C(N)=N/O)c(=O)n1CCOCCC(C)C. The van der Waals surface area contributed by atoms with Crippen molar-refractivity contribution in [2.75, 3.05) is 13.2 Å². The van der Waals surface area contributed by atoms with Crippen molar-refractivity contribution in [1.82, 2.24) is 4.57 Å². The Morgan fingerprint density at radius 1 is 1.45 bits per heavy atom. The summed E-state index contributed by atoms with van der Waals surface area (Å²) >= 11 is 0. The van der Waals surface area contributed by atoms with Crippen LogP contribution in [-0.4, -0.2) is 28.8 Å². The second kappa shape index (κ2) is 7.69. The van der Waals surface area contributed by atoms with Crippen molar-refractivity contribution in [2.24, 2.45) is 16.8 Å². The van der Waals surface area contributed by atoms with Gasteiger partial charge in [0.1, 0.15) is 0 Å². The number of pyridine rings is 1. The van der Waals surface area contributed by atoms with Gasteiger partial charge in [0.15, 0.2) is 5.84 Å². The quantitative estimate of drug-likeness (QED) is 0.259. The van der Waals surface area contributed by atoms with E-state index in [0.29, 0.717) is 25.7 Å². The van der Waals surface area contributed by atoms with Crippen LogP contribution in [0.4, 0.5) is 0 Å². The zero-order chi connectivity index (χ0) is 15.1. The molecule has 1 aromatic heterocycles. The molecule has 0 aliphatic rings. The Morgan fingerprint density at radius 2 is 2.15 bits per heavy atom. The van der Waals surface area contributed by atoms with Gasteiger partial charge >= 0.3 is 0 Å². The van der Waals surface area contributed by atoms with Crippen molar-refractivity contribution in [3.63, 3.8) is 0 Å². The molecule has 6 nitrogen and oxygen atoms in total. The molecule has 1 heterocycles. The average molecular weight is 281 g/mol. The summed E-state index contributed by atoms with van der Waals surface area (Å²) in [5, 5.41) is 11.5. The molecule has 6 heteroatoms. The number of hydrogen-bond donors (Lipinski definition) is 2. The molecule has 0 atom stereocenters. The molecule has 0 saturated carbocycles. The topological polar surface area (TPSA) is 89.8 Å². The lowest BCUT2D eigenvalue weighted by Crippen LogP contribution is -2.32. The van der Waals surface area contributed by atoms with Gasteiger partial charge in [-0.05, 0) is 31.4 Å². The summed E-state index contributed by atoms with van der Waals surface area (Å²) in [4.78, 5) is 12.2. The molecule has 0 unspecified atom stereocenters. The van der Waals surface area contributed by atoms with Crippen LogP contribution in [0.1, 0.15) is 31.5 Å². The number of oxime groups is 1. The van der Waals surface area contributed by atoms with Gasteiger partial charge < -0.3 is 20.2 Å². The van der Waals surface area contributed by atoms with Crippen LogP contribution in [0.5, 0.6) is 0 Å². The van der Waals surface area contributed by atoms with Crippen LogP contribution in [0.25, 0.3) is 0 Å². The number of nitrogens with two attached hydrogens (primary N) is 1. The highest BCUT2D eigenvalue weighted by molar-refractivity contribution is 5.96. The lowest BCUT2D eigenvalue weighted by molar-refractivity contribution is 0.115. The van der Waals surface area contributed by atoms with Crippen LogP contribution >= 0.6 is 0 Å². The molecule has 0 aromatic carbocycles. The lowest BCUT2D eigenvalue weighted by Gasteiger charge is -2.12. The van der Waals surface area contributed by atoms with E-state index in [1.807, 2.05) is 6.92 Å². The predicted molar refractivity (Wildman–Crippen MR) is 78.2 cm³/mol. The van der Waals surface area contributed by atoms with E-state index in [9.17, 15) is 4.79 Å². The number of amidine groups is 1. The molecule has 0 spiro atoms. The van der Waals surface area contributed by atoms with Gasteiger partial charge in [-0.3, -0.25) is 4.79 Å². The van der Waals surface area contributed by atoms with E-state index in [-0.39, 0.29) is 17.0 Å². The van der Waals surface area contributed by atoms with Crippen LogP contribution in [0, 0.1) is 12.8 Å². The van der Waals surface area contributed by atoms with E-state index >= 15 is 0 Å². The zero-order valence-electron chi connectivity index (χ0n) is 12.3. The Balaban J connectivity index is 2.72. The summed E-state index contributed by atoms with van der Waals surface area (Å²) in [6, 6.07) is 3.33. The molecule has 1 rings (SSSR count). The Morgan fingerprint density at radius 3 is 2.75 bits per heavy atom. The van der Waals surface area contributed by atoms with E-state index in [4.69, 9.17) is 15.7 Å². The average Bonchev–Trinajstić information content (AvgIpc) is 2.40. The Hall–Kier alpha value is -1.82. The summed E-state index contributed by atoms with van der Waals surface area (Å²) < 4.78 is 7.09. The molecular weight excluding hydrogens is 258 g/mol. The third-order valence-corrected chi connectivity index (χ3v) is 3.07. The van der Waals surface area contributed by atoms with Gasteiger partial charge in [-0.2, -0.15) is 0 Å². The van der Waals surface area contributed by atoms with Gasteiger partial charge in [-0.25, -0.2) is 0 Å². The molecule has 0 saturated heterocycles. The molecule has 3 N–H and O–H groups in total. The van der Waals surface area contributed by atoms with Crippen LogP contribution in [-0.2, 0) is 11.3 Å². The van der Waals surface area contributed by atoms with E-state index in [0.717, 1.165) is 12.1 Å². The highest BCUT2D eigenvalue weighted by atomic mass is 16.5. The highest BCUT2D eigenvalue weighted by Gasteiger charge is 2.09. The number of nitrogens with zero attached hydrogens (tertiary/aromatic N) is 2. The largest absolute Gasteiger partial charge is 0.409 e. The van der Waals surface area contributed by atoms with Crippen molar-refractivity contribution in [2.45, 2.75) is 33.7 Å². The fourth-order valence-corrected chi connectivity index (χ4v) is 1.77. The third kappa shape index (κ3) is 4.38. The lowest BCUT2D eigenvalue weighted by atomic mass is 10.1. The molecule has 20 heavy (non-hydrogen) atoms. The first-order valence-corrected chi connectivity index (χ1v) is 6.73. The molecule has 0 fully saturated rings. The number of aromatic nitrogens is 1. The van der Waals surface area contributed by atoms with Gasteiger partial charge in [0.05, 0.1) is 12.2 Å². The molecule has 112 valence electrons. The van der Waals surface area contributed by atoms with Gasteiger partial charge in [0.25, 0.3) is 5.56 Å². The van der Waals surface area contributed by atoms with Crippen LogP contribution in [0.15, 0.2) is 22.1 Å². The monoisotopic (exact) mass is 281 g/mol. The van der Waals surface area contributed by atoms with Crippen molar-refractivity contribution >= 4 is 5.84 Å². The van der Waals surface area contributed by atoms with Gasteiger partial charge in [-0.15, -0.1) is 0 Å².